The maximum atomic E-state index is 8.80. The summed E-state index contributed by atoms with van der Waals surface area (Å²) in [6, 6.07) is 8.02. The standard InChI is InChI=1S/C9H4INS/c10-8-5-12-9-6(4-11)2-1-3-7(8)9/h1-3,5H. The predicted molar refractivity (Wildman–Crippen MR) is 59.3 cm³/mol. The molecule has 3 heteroatoms. The Balaban J connectivity index is 2.92. The van der Waals surface area contributed by atoms with Crippen molar-refractivity contribution in [1.82, 2.24) is 0 Å². The molecular formula is C9H4INS. The van der Waals surface area contributed by atoms with E-state index in [2.05, 4.69) is 40.1 Å². The third kappa shape index (κ3) is 1.11. The number of nitriles is 1. The van der Waals surface area contributed by atoms with E-state index in [4.69, 9.17) is 5.26 Å². The highest BCUT2D eigenvalue weighted by Gasteiger charge is 2.04. The normalized spacial score (nSPS) is 10.0. The summed E-state index contributed by atoms with van der Waals surface area (Å²) in [4.78, 5) is 0. The molecule has 1 nitrogen and oxygen atoms in total. The van der Waals surface area contributed by atoms with Gasteiger partial charge in [0.15, 0.2) is 0 Å². The van der Waals surface area contributed by atoms with Gasteiger partial charge in [-0.15, -0.1) is 11.3 Å². The van der Waals surface area contributed by atoms with Crippen LogP contribution in [0.5, 0.6) is 0 Å². The molecule has 58 valence electrons. The van der Waals surface area contributed by atoms with Gasteiger partial charge >= 0.3 is 0 Å². The van der Waals surface area contributed by atoms with Gasteiger partial charge in [0, 0.05) is 14.3 Å². The number of hydrogen-bond acceptors (Lipinski definition) is 2. The molecule has 0 aliphatic rings. The minimum atomic E-state index is 0.778. The van der Waals surface area contributed by atoms with E-state index in [1.807, 2.05) is 12.1 Å². The van der Waals surface area contributed by atoms with E-state index < -0.39 is 0 Å². The van der Waals surface area contributed by atoms with Crippen LogP contribution in [0.3, 0.4) is 0 Å². The van der Waals surface area contributed by atoms with E-state index in [-0.39, 0.29) is 0 Å². The number of fused-ring (bicyclic) bond motifs is 1. The number of hydrogen-bond donors (Lipinski definition) is 0. The van der Waals surface area contributed by atoms with E-state index in [0.717, 1.165) is 10.3 Å². The van der Waals surface area contributed by atoms with Crippen molar-refractivity contribution < 1.29 is 0 Å². The van der Waals surface area contributed by atoms with Crippen LogP contribution >= 0.6 is 33.9 Å². The molecule has 0 N–H and O–H groups in total. The molecule has 0 amide bonds. The number of thiophene rings is 1. The van der Waals surface area contributed by atoms with Gasteiger partial charge in [-0.3, -0.25) is 0 Å². The highest BCUT2D eigenvalue weighted by Crippen LogP contribution is 2.29. The highest BCUT2D eigenvalue weighted by molar-refractivity contribution is 14.1. The fraction of sp³-hybridized carbons (Fsp3) is 0. The largest absolute Gasteiger partial charge is 0.192 e. The molecule has 0 radical (unpaired) electrons. The molecule has 2 aromatic rings. The second-order valence-electron chi connectivity index (χ2n) is 2.38. The van der Waals surface area contributed by atoms with Crippen molar-refractivity contribution in [3.63, 3.8) is 0 Å². The van der Waals surface area contributed by atoms with Gasteiger partial charge in [-0.2, -0.15) is 5.26 Å². The second-order valence-corrected chi connectivity index (χ2v) is 4.42. The third-order valence-electron chi connectivity index (χ3n) is 1.67. The topological polar surface area (TPSA) is 23.8 Å². The summed E-state index contributed by atoms with van der Waals surface area (Å²) in [5.74, 6) is 0. The summed E-state index contributed by atoms with van der Waals surface area (Å²) in [7, 11) is 0. The quantitative estimate of drug-likeness (QED) is 0.681. The molecule has 0 spiro atoms. The molecule has 12 heavy (non-hydrogen) atoms. The molecule has 0 aliphatic heterocycles. The highest BCUT2D eigenvalue weighted by atomic mass is 127. The second kappa shape index (κ2) is 3.04. The van der Waals surface area contributed by atoms with Gasteiger partial charge < -0.3 is 0 Å². The van der Waals surface area contributed by atoms with Gasteiger partial charge in [-0.1, -0.05) is 12.1 Å². The van der Waals surface area contributed by atoms with E-state index >= 15 is 0 Å². The Morgan fingerprint density at radius 1 is 1.42 bits per heavy atom. The number of halogens is 1. The van der Waals surface area contributed by atoms with Gasteiger partial charge in [0.25, 0.3) is 0 Å². The lowest BCUT2D eigenvalue weighted by Crippen LogP contribution is -1.73. The Morgan fingerprint density at radius 2 is 2.25 bits per heavy atom. The van der Waals surface area contributed by atoms with E-state index in [9.17, 15) is 0 Å². The van der Waals surface area contributed by atoms with Crippen molar-refractivity contribution in [2.24, 2.45) is 0 Å². The van der Waals surface area contributed by atoms with Crippen molar-refractivity contribution in [2.75, 3.05) is 0 Å². The third-order valence-corrected chi connectivity index (χ3v) is 4.02. The van der Waals surface area contributed by atoms with Crippen molar-refractivity contribution in [3.8, 4) is 6.07 Å². The minimum Gasteiger partial charge on any atom is -0.192 e. The Kier molecular flexibility index (Phi) is 2.03. The average Bonchev–Trinajstić information content (AvgIpc) is 2.48. The molecule has 2 rings (SSSR count). The monoisotopic (exact) mass is 285 g/mol. The van der Waals surface area contributed by atoms with Crippen molar-refractivity contribution in [2.45, 2.75) is 0 Å². The average molecular weight is 285 g/mol. The van der Waals surface area contributed by atoms with Crippen LogP contribution in [0.4, 0.5) is 0 Å². The summed E-state index contributed by atoms with van der Waals surface area (Å²) in [5.41, 5.74) is 0.778. The minimum absolute atomic E-state index is 0.778. The van der Waals surface area contributed by atoms with Crippen LogP contribution in [0.25, 0.3) is 10.1 Å². The SMILES string of the molecule is N#Cc1cccc2c(I)csc12. The molecule has 1 heterocycles. The van der Waals surface area contributed by atoms with E-state index in [1.165, 1.54) is 8.96 Å². The van der Waals surface area contributed by atoms with Crippen LogP contribution < -0.4 is 0 Å². The first-order chi connectivity index (χ1) is 5.83. The smallest absolute Gasteiger partial charge is 0.101 e. The predicted octanol–water partition coefficient (Wildman–Crippen LogP) is 3.38. The van der Waals surface area contributed by atoms with Crippen LogP contribution in [-0.4, -0.2) is 0 Å². The molecule has 1 aromatic heterocycles. The number of rotatable bonds is 0. The zero-order valence-corrected chi connectivity index (χ0v) is 9.02. The lowest BCUT2D eigenvalue weighted by Gasteiger charge is -1.91. The Hall–Kier alpha value is -0.600. The summed E-state index contributed by atoms with van der Waals surface area (Å²) in [5, 5.41) is 12.1. The van der Waals surface area contributed by atoms with Crippen molar-refractivity contribution in [1.29, 1.82) is 5.26 Å². The fourth-order valence-electron chi connectivity index (χ4n) is 1.11. The number of nitrogens with zero attached hydrogens (tertiary/aromatic N) is 1. The Bertz CT molecular complexity index is 467. The molecule has 0 aliphatic carbocycles. The van der Waals surface area contributed by atoms with Crippen molar-refractivity contribution in [3.05, 3.63) is 32.7 Å². The summed E-state index contributed by atoms with van der Waals surface area (Å²) in [6.45, 7) is 0. The zero-order valence-electron chi connectivity index (χ0n) is 6.04. The summed E-state index contributed by atoms with van der Waals surface area (Å²) in [6.07, 6.45) is 0. The van der Waals surface area contributed by atoms with Gasteiger partial charge in [0.1, 0.15) is 6.07 Å². The summed E-state index contributed by atoms with van der Waals surface area (Å²) < 4.78 is 2.33. The zero-order chi connectivity index (χ0) is 8.55. The van der Waals surface area contributed by atoms with Gasteiger partial charge in [-0.25, -0.2) is 0 Å². The van der Waals surface area contributed by atoms with Crippen LogP contribution in [-0.2, 0) is 0 Å². The molecule has 0 atom stereocenters. The van der Waals surface area contributed by atoms with E-state index in [0.29, 0.717) is 0 Å². The molecule has 0 bridgehead atoms. The van der Waals surface area contributed by atoms with Crippen LogP contribution in [0, 0.1) is 14.9 Å². The van der Waals surface area contributed by atoms with Gasteiger partial charge in [0.2, 0.25) is 0 Å². The molecule has 0 fully saturated rings. The maximum absolute atomic E-state index is 8.80. The van der Waals surface area contributed by atoms with Crippen LogP contribution in [0.1, 0.15) is 5.56 Å². The van der Waals surface area contributed by atoms with Crippen LogP contribution in [0.15, 0.2) is 23.6 Å². The van der Waals surface area contributed by atoms with Gasteiger partial charge in [-0.05, 0) is 28.7 Å². The molecule has 0 saturated heterocycles. The van der Waals surface area contributed by atoms with E-state index in [1.54, 1.807) is 11.3 Å². The Labute approximate surface area is 87.8 Å². The lowest BCUT2D eigenvalue weighted by molar-refractivity contribution is 1.51. The lowest BCUT2D eigenvalue weighted by atomic mass is 10.2. The molecule has 0 unspecified atom stereocenters. The molecule has 1 aromatic carbocycles. The fourth-order valence-corrected chi connectivity index (χ4v) is 3.02. The molecule has 0 saturated carbocycles. The first-order valence-electron chi connectivity index (χ1n) is 3.39. The van der Waals surface area contributed by atoms with Crippen LogP contribution in [0.2, 0.25) is 0 Å². The van der Waals surface area contributed by atoms with Crippen molar-refractivity contribution >= 4 is 44.0 Å². The summed E-state index contributed by atoms with van der Waals surface area (Å²) >= 11 is 3.92. The first kappa shape index (κ1) is 8.02. The number of benzene rings is 1. The molecular weight excluding hydrogens is 281 g/mol. The van der Waals surface area contributed by atoms with Gasteiger partial charge in [0.05, 0.1) is 10.3 Å². The Morgan fingerprint density at radius 3 is 3.00 bits per heavy atom. The maximum Gasteiger partial charge on any atom is 0.101 e. The first-order valence-corrected chi connectivity index (χ1v) is 5.34.